The molecule has 1 aromatic carbocycles. The molecule has 0 unspecified atom stereocenters. The summed E-state index contributed by atoms with van der Waals surface area (Å²) in [4.78, 5) is 10.7. The van der Waals surface area contributed by atoms with Crippen molar-refractivity contribution in [2.75, 3.05) is 0 Å². The summed E-state index contributed by atoms with van der Waals surface area (Å²) >= 11 is 0. The second-order valence-electron chi connectivity index (χ2n) is 8.07. The summed E-state index contributed by atoms with van der Waals surface area (Å²) in [6, 6.07) is -0.522. The third-order valence-electron chi connectivity index (χ3n) is 5.92. The largest absolute Gasteiger partial charge is 0.304 e. The Labute approximate surface area is 157 Å². The number of benzene rings is 1. The van der Waals surface area contributed by atoms with Gasteiger partial charge in [-0.2, -0.15) is 4.39 Å². The molecule has 1 aromatic rings. The van der Waals surface area contributed by atoms with E-state index < -0.39 is 29.3 Å². The fraction of sp³-hybridized carbons (Fsp3) is 0.667. The summed E-state index contributed by atoms with van der Waals surface area (Å²) in [6.45, 7) is 2.36. The highest BCUT2D eigenvalue weighted by Crippen LogP contribution is 2.38. The monoisotopic (exact) mass is 390 g/mol. The summed E-state index contributed by atoms with van der Waals surface area (Å²) in [6.07, 6.45) is 10.6. The van der Waals surface area contributed by atoms with Gasteiger partial charge >= 0.3 is 6.04 Å². The van der Waals surface area contributed by atoms with E-state index in [1.807, 2.05) is 0 Å². The van der Waals surface area contributed by atoms with E-state index in [0.717, 1.165) is 43.4 Å². The van der Waals surface area contributed by atoms with Gasteiger partial charge in [0.25, 0.3) is 0 Å². The Bertz CT molecular complexity index is 594. The maximum atomic E-state index is 12.6. The van der Waals surface area contributed by atoms with Gasteiger partial charge in [-0.05, 0) is 49.9 Å². The molecule has 0 heterocycles. The molecule has 0 saturated heterocycles. The first kappa shape index (κ1) is 21.8. The van der Waals surface area contributed by atoms with Crippen LogP contribution in [0.5, 0.6) is 0 Å². The van der Waals surface area contributed by atoms with Crippen molar-refractivity contribution in [2.45, 2.75) is 64.7 Å². The average Bonchev–Trinajstić information content (AvgIpc) is 2.62. The van der Waals surface area contributed by atoms with Crippen LogP contribution in [0.1, 0.15) is 64.7 Å². The molecule has 152 valence electrons. The normalized spacial score (nSPS) is 28.2. The maximum absolute atomic E-state index is 12.6. The van der Waals surface area contributed by atoms with E-state index >= 15 is 0 Å². The van der Waals surface area contributed by atoms with Gasteiger partial charge in [0, 0.05) is 18.1 Å². The molecular weight excluding hydrogens is 363 g/mol. The van der Waals surface area contributed by atoms with Crippen molar-refractivity contribution in [3.05, 3.63) is 35.4 Å². The van der Waals surface area contributed by atoms with Crippen LogP contribution < -0.4 is 0 Å². The van der Waals surface area contributed by atoms with Crippen molar-refractivity contribution in [1.29, 1.82) is 0 Å². The minimum absolute atomic E-state index is 0.266. The maximum Gasteiger partial charge on any atom is 0.304 e. The lowest BCUT2D eigenvalue weighted by Gasteiger charge is -2.32. The van der Waals surface area contributed by atoms with E-state index in [-0.39, 0.29) is 18.1 Å². The molecule has 0 aromatic heterocycles. The number of hydrogen-bond donors (Lipinski definition) is 0. The number of carbonyl (C=O) groups excluding carboxylic acids is 1. The van der Waals surface area contributed by atoms with E-state index in [4.69, 9.17) is 0 Å². The zero-order chi connectivity index (χ0) is 20.0. The van der Waals surface area contributed by atoms with Gasteiger partial charge in [-0.3, -0.25) is 4.79 Å². The zero-order valence-corrected chi connectivity index (χ0v) is 15.6. The fourth-order valence-electron chi connectivity index (χ4n) is 4.19. The first-order chi connectivity index (χ1) is 12.8. The van der Waals surface area contributed by atoms with Gasteiger partial charge in [0.05, 0.1) is 0 Å². The molecule has 2 fully saturated rings. The molecule has 1 nitrogen and oxygen atoms in total. The molecule has 0 aliphatic heterocycles. The molecule has 0 N–H and O–H groups in total. The fourth-order valence-corrected chi connectivity index (χ4v) is 4.19. The summed E-state index contributed by atoms with van der Waals surface area (Å²) in [7, 11) is 0. The number of hydrogen-bond acceptors (Lipinski definition) is 1. The minimum atomic E-state index is -1.65. The van der Waals surface area contributed by atoms with Crippen molar-refractivity contribution in [1.82, 2.24) is 0 Å². The van der Waals surface area contributed by atoms with Crippen LogP contribution in [0.15, 0.2) is 12.1 Å². The lowest BCUT2D eigenvalue weighted by Crippen LogP contribution is -2.22. The van der Waals surface area contributed by atoms with Gasteiger partial charge in [-0.25, -0.2) is 17.6 Å². The van der Waals surface area contributed by atoms with Gasteiger partial charge in [-0.15, -0.1) is 0 Å². The molecule has 3 rings (SSSR count). The summed E-state index contributed by atoms with van der Waals surface area (Å²) in [5, 5.41) is 0. The summed E-state index contributed by atoms with van der Waals surface area (Å²) in [5.41, 5.74) is 0. The molecule has 0 radical (unpaired) electrons. The molecule has 2 aliphatic rings. The Hall–Kier alpha value is -1.46. The SMILES string of the molecule is CC1CCC(CC2CCC(C(=O)F)CC2)CC1.Fc1cc(F)c(F)c(F)c1. The number of rotatable bonds is 3. The topological polar surface area (TPSA) is 17.1 Å². The predicted molar refractivity (Wildman–Crippen MR) is 93.6 cm³/mol. The Morgan fingerprint density at radius 1 is 0.852 bits per heavy atom. The molecule has 6 heteroatoms. The molecule has 0 atom stereocenters. The van der Waals surface area contributed by atoms with E-state index in [2.05, 4.69) is 6.92 Å². The molecule has 27 heavy (non-hydrogen) atoms. The first-order valence-corrected chi connectivity index (χ1v) is 9.75. The van der Waals surface area contributed by atoms with Crippen molar-refractivity contribution < 1.29 is 26.7 Å². The molecule has 0 bridgehead atoms. The van der Waals surface area contributed by atoms with E-state index in [1.54, 1.807) is 0 Å². The van der Waals surface area contributed by atoms with Crippen LogP contribution >= 0.6 is 0 Å². The zero-order valence-electron chi connectivity index (χ0n) is 15.6. The Kier molecular flexibility index (Phi) is 8.24. The molecule has 2 saturated carbocycles. The van der Waals surface area contributed by atoms with Gasteiger partial charge in [0.15, 0.2) is 17.5 Å². The highest BCUT2D eigenvalue weighted by molar-refractivity contribution is 5.70. The first-order valence-electron chi connectivity index (χ1n) is 9.75. The molecule has 2 aliphatic carbocycles. The molecule has 0 spiro atoms. The van der Waals surface area contributed by atoms with Gasteiger partial charge < -0.3 is 0 Å². The van der Waals surface area contributed by atoms with Crippen LogP contribution in [0.3, 0.4) is 0 Å². The second-order valence-corrected chi connectivity index (χ2v) is 8.07. The summed E-state index contributed by atoms with van der Waals surface area (Å²) in [5.74, 6) is -3.48. The standard InChI is InChI=1S/C15H25FO.C6H2F4/c1-11-2-4-12(5-3-11)10-13-6-8-14(9-7-13)15(16)17;7-3-1-4(8)6(10)5(9)2-3/h11-14H,2-10H2,1H3;1-2H. The van der Waals surface area contributed by atoms with Crippen LogP contribution in [-0.4, -0.2) is 6.04 Å². The Morgan fingerprint density at radius 2 is 1.30 bits per heavy atom. The lowest BCUT2D eigenvalue weighted by molar-refractivity contribution is -0.134. The third-order valence-corrected chi connectivity index (χ3v) is 5.92. The van der Waals surface area contributed by atoms with Gasteiger partial charge in [0.2, 0.25) is 0 Å². The quantitative estimate of drug-likeness (QED) is 0.241. The van der Waals surface area contributed by atoms with Crippen LogP contribution in [0.4, 0.5) is 22.0 Å². The number of halogens is 5. The second kappa shape index (κ2) is 10.2. The smallest absolute Gasteiger partial charge is 0.261 e. The average molecular weight is 390 g/mol. The van der Waals surface area contributed by atoms with E-state index in [0.29, 0.717) is 0 Å². The molecule has 0 amide bonds. The van der Waals surface area contributed by atoms with Crippen LogP contribution in [-0.2, 0) is 4.79 Å². The van der Waals surface area contributed by atoms with Crippen LogP contribution in [0.2, 0.25) is 0 Å². The lowest BCUT2D eigenvalue weighted by atomic mass is 9.73. The van der Waals surface area contributed by atoms with Gasteiger partial charge in [0.1, 0.15) is 5.82 Å². The van der Waals surface area contributed by atoms with E-state index in [1.165, 1.54) is 32.1 Å². The predicted octanol–water partition coefficient (Wildman–Crippen LogP) is 6.75. The Balaban J connectivity index is 0.000000223. The van der Waals surface area contributed by atoms with Crippen LogP contribution in [0, 0.1) is 46.9 Å². The van der Waals surface area contributed by atoms with E-state index in [9.17, 15) is 26.7 Å². The third kappa shape index (κ3) is 6.89. The molecular formula is C21H27F5O. The van der Waals surface area contributed by atoms with Crippen molar-refractivity contribution in [3.63, 3.8) is 0 Å². The highest BCUT2D eigenvalue weighted by atomic mass is 19.2. The Morgan fingerprint density at radius 3 is 1.74 bits per heavy atom. The van der Waals surface area contributed by atoms with Crippen molar-refractivity contribution in [3.8, 4) is 0 Å². The van der Waals surface area contributed by atoms with Crippen molar-refractivity contribution >= 4 is 6.04 Å². The minimum Gasteiger partial charge on any atom is -0.261 e. The van der Waals surface area contributed by atoms with Crippen LogP contribution in [0.25, 0.3) is 0 Å². The summed E-state index contributed by atoms with van der Waals surface area (Å²) < 4.78 is 60.5. The van der Waals surface area contributed by atoms with Gasteiger partial charge in [-0.1, -0.05) is 32.6 Å². The van der Waals surface area contributed by atoms with Crippen molar-refractivity contribution in [2.24, 2.45) is 23.7 Å². The number of carbonyl (C=O) groups is 1. The highest BCUT2D eigenvalue weighted by Gasteiger charge is 2.28.